The van der Waals surface area contributed by atoms with Crippen LogP contribution in [-0.4, -0.2) is 31.9 Å². The van der Waals surface area contributed by atoms with Gasteiger partial charge in [-0.15, -0.1) is 11.8 Å². The highest BCUT2D eigenvalue weighted by molar-refractivity contribution is 7.99. The molecule has 136 valence electrons. The third-order valence-electron chi connectivity index (χ3n) is 3.42. The van der Waals surface area contributed by atoms with Gasteiger partial charge in [-0.2, -0.15) is 5.26 Å². The first-order valence-corrected chi connectivity index (χ1v) is 9.26. The maximum atomic E-state index is 11.9. The van der Waals surface area contributed by atoms with E-state index in [1.54, 1.807) is 11.8 Å². The number of thioether (sulfide) groups is 1. The summed E-state index contributed by atoms with van der Waals surface area (Å²) in [5, 5.41) is 12.0. The molecule has 0 aromatic heterocycles. The number of hydrogen-bond acceptors (Lipinski definition) is 5. The van der Waals surface area contributed by atoms with E-state index in [0.29, 0.717) is 17.9 Å². The van der Waals surface area contributed by atoms with Gasteiger partial charge >= 0.3 is 0 Å². The highest BCUT2D eigenvalue weighted by Crippen LogP contribution is 2.36. The van der Waals surface area contributed by atoms with Crippen LogP contribution in [0.5, 0.6) is 11.5 Å². The second kappa shape index (κ2) is 9.95. The van der Waals surface area contributed by atoms with E-state index in [9.17, 15) is 4.79 Å². The predicted octanol–water partition coefficient (Wildman–Crippen LogP) is 3.82. The number of carbonyl (C=O) groups is 1. The molecule has 0 fully saturated rings. The van der Waals surface area contributed by atoms with E-state index in [1.807, 2.05) is 13.0 Å². The summed E-state index contributed by atoms with van der Waals surface area (Å²) in [6.45, 7) is 2.39. The number of ether oxygens (including phenoxy) is 2. The van der Waals surface area contributed by atoms with Gasteiger partial charge in [0.15, 0.2) is 18.1 Å². The molecule has 0 aliphatic heterocycles. The topological polar surface area (TPSA) is 71.3 Å². The highest BCUT2D eigenvalue weighted by atomic mass is 35.5. The van der Waals surface area contributed by atoms with Crippen LogP contribution in [0, 0.1) is 18.3 Å². The predicted molar refractivity (Wildman–Crippen MR) is 103 cm³/mol. The van der Waals surface area contributed by atoms with Crippen LogP contribution in [0.2, 0.25) is 5.02 Å². The lowest BCUT2D eigenvalue weighted by molar-refractivity contribution is -0.122. The van der Waals surface area contributed by atoms with E-state index >= 15 is 0 Å². The Balaban J connectivity index is 1.78. The molecule has 0 aliphatic carbocycles. The Bertz CT molecular complexity index is 804. The lowest BCUT2D eigenvalue weighted by Gasteiger charge is -2.12. The van der Waals surface area contributed by atoms with Crippen molar-refractivity contribution >= 4 is 29.3 Å². The molecule has 0 saturated carbocycles. The van der Waals surface area contributed by atoms with Crippen LogP contribution in [-0.2, 0) is 4.79 Å². The molecule has 0 atom stereocenters. The lowest BCUT2D eigenvalue weighted by Crippen LogP contribution is -2.30. The number of carbonyl (C=O) groups excluding carboxylic acids is 1. The number of methoxy groups -OCH3 is 1. The normalized spacial score (nSPS) is 10.1. The Morgan fingerprint density at radius 1 is 1.31 bits per heavy atom. The third-order valence-corrected chi connectivity index (χ3v) is 4.71. The summed E-state index contributed by atoms with van der Waals surface area (Å²) < 4.78 is 10.6. The molecule has 1 N–H and O–H groups in total. The average Bonchev–Trinajstić information content (AvgIpc) is 2.65. The van der Waals surface area contributed by atoms with Crippen LogP contribution in [0.4, 0.5) is 0 Å². The summed E-state index contributed by atoms with van der Waals surface area (Å²) in [6, 6.07) is 13.2. The fourth-order valence-corrected chi connectivity index (χ4v) is 3.14. The number of nitriles is 1. The summed E-state index contributed by atoms with van der Waals surface area (Å²) in [5.74, 6) is 1.07. The number of halogens is 1. The number of hydrogen-bond donors (Lipinski definition) is 1. The Hall–Kier alpha value is -2.36. The summed E-state index contributed by atoms with van der Waals surface area (Å²) >= 11 is 7.76. The average molecular weight is 391 g/mol. The largest absolute Gasteiger partial charge is 0.493 e. The van der Waals surface area contributed by atoms with Crippen molar-refractivity contribution in [3.63, 3.8) is 0 Å². The number of nitrogens with zero attached hydrogens (tertiary/aromatic N) is 1. The van der Waals surface area contributed by atoms with Crippen LogP contribution in [0.3, 0.4) is 0 Å². The van der Waals surface area contributed by atoms with Crippen molar-refractivity contribution < 1.29 is 14.3 Å². The zero-order chi connectivity index (χ0) is 18.9. The molecule has 0 radical (unpaired) electrons. The smallest absolute Gasteiger partial charge is 0.257 e. The zero-order valence-corrected chi connectivity index (χ0v) is 16.1. The van der Waals surface area contributed by atoms with Crippen LogP contribution in [0.25, 0.3) is 0 Å². The third kappa shape index (κ3) is 5.87. The first-order valence-electron chi connectivity index (χ1n) is 7.90. The maximum absolute atomic E-state index is 11.9. The minimum absolute atomic E-state index is 0.183. The second-order valence-corrected chi connectivity index (χ2v) is 6.98. The Labute approximate surface area is 162 Å². The molecule has 2 rings (SSSR count). The van der Waals surface area contributed by atoms with Gasteiger partial charge in [0.1, 0.15) is 0 Å². The van der Waals surface area contributed by atoms with Crippen LogP contribution >= 0.6 is 23.4 Å². The van der Waals surface area contributed by atoms with Gasteiger partial charge in [0.05, 0.1) is 23.8 Å². The standard InChI is InChI=1S/C19H19ClN2O3S/c1-13-3-5-15(6-4-13)26-8-7-22-18(23)12-25-19-16(20)9-14(11-21)10-17(19)24-2/h3-6,9-10H,7-8,12H2,1-2H3,(H,22,23). The summed E-state index contributed by atoms with van der Waals surface area (Å²) in [5.41, 5.74) is 1.58. The van der Waals surface area contributed by atoms with Crippen LogP contribution in [0.1, 0.15) is 11.1 Å². The minimum atomic E-state index is -0.253. The van der Waals surface area contributed by atoms with Crippen molar-refractivity contribution in [1.82, 2.24) is 5.32 Å². The van der Waals surface area contributed by atoms with Gasteiger partial charge in [0, 0.05) is 23.3 Å². The molecule has 7 heteroatoms. The van der Waals surface area contributed by atoms with Gasteiger partial charge in [-0.05, 0) is 25.1 Å². The number of nitrogens with one attached hydrogen (secondary N) is 1. The number of aryl methyl sites for hydroxylation is 1. The first kappa shape index (κ1) is 20.0. The monoisotopic (exact) mass is 390 g/mol. The molecule has 2 aromatic rings. The van der Waals surface area contributed by atoms with Gasteiger partial charge in [-0.25, -0.2) is 0 Å². The molecule has 5 nitrogen and oxygen atoms in total. The van der Waals surface area contributed by atoms with Crippen molar-refractivity contribution in [2.24, 2.45) is 0 Å². The lowest BCUT2D eigenvalue weighted by atomic mass is 10.2. The molecule has 26 heavy (non-hydrogen) atoms. The number of amides is 1. The van der Waals surface area contributed by atoms with E-state index in [4.69, 9.17) is 26.3 Å². The van der Waals surface area contributed by atoms with Gasteiger partial charge in [-0.3, -0.25) is 4.79 Å². The Kier molecular flexibility index (Phi) is 7.64. The van der Waals surface area contributed by atoms with Crippen molar-refractivity contribution in [2.45, 2.75) is 11.8 Å². The fraction of sp³-hybridized carbons (Fsp3) is 0.263. The van der Waals surface area contributed by atoms with Crippen molar-refractivity contribution in [1.29, 1.82) is 5.26 Å². The van der Waals surface area contributed by atoms with Gasteiger partial charge in [-0.1, -0.05) is 29.3 Å². The van der Waals surface area contributed by atoms with E-state index in [1.165, 1.54) is 24.8 Å². The van der Waals surface area contributed by atoms with E-state index in [0.717, 1.165) is 10.6 Å². The van der Waals surface area contributed by atoms with E-state index in [-0.39, 0.29) is 23.3 Å². The van der Waals surface area contributed by atoms with Crippen molar-refractivity contribution in [3.8, 4) is 17.6 Å². The molecule has 0 saturated heterocycles. The SMILES string of the molecule is COc1cc(C#N)cc(Cl)c1OCC(=O)NCCSc1ccc(C)cc1. The van der Waals surface area contributed by atoms with E-state index in [2.05, 4.69) is 29.6 Å². The fourth-order valence-electron chi connectivity index (χ4n) is 2.11. The van der Waals surface area contributed by atoms with Gasteiger partial charge < -0.3 is 14.8 Å². The molecule has 0 bridgehead atoms. The van der Waals surface area contributed by atoms with Crippen molar-refractivity contribution in [2.75, 3.05) is 26.0 Å². The van der Waals surface area contributed by atoms with Gasteiger partial charge in [0.2, 0.25) is 0 Å². The zero-order valence-electron chi connectivity index (χ0n) is 14.5. The maximum Gasteiger partial charge on any atom is 0.257 e. The van der Waals surface area contributed by atoms with Crippen molar-refractivity contribution in [3.05, 3.63) is 52.5 Å². The summed E-state index contributed by atoms with van der Waals surface area (Å²) in [6.07, 6.45) is 0. The highest BCUT2D eigenvalue weighted by Gasteiger charge is 2.13. The van der Waals surface area contributed by atoms with Gasteiger partial charge in [0.25, 0.3) is 5.91 Å². The molecule has 0 unspecified atom stereocenters. The van der Waals surface area contributed by atoms with Crippen LogP contribution in [0.15, 0.2) is 41.3 Å². The summed E-state index contributed by atoms with van der Waals surface area (Å²) in [4.78, 5) is 13.1. The summed E-state index contributed by atoms with van der Waals surface area (Å²) in [7, 11) is 1.45. The second-order valence-electron chi connectivity index (χ2n) is 5.40. The number of rotatable bonds is 8. The molecular formula is C19H19ClN2O3S. The van der Waals surface area contributed by atoms with E-state index < -0.39 is 0 Å². The molecule has 1 amide bonds. The quantitative estimate of drug-likeness (QED) is 0.548. The Morgan fingerprint density at radius 2 is 2.04 bits per heavy atom. The molecule has 0 spiro atoms. The Morgan fingerprint density at radius 3 is 2.69 bits per heavy atom. The molecule has 0 aliphatic rings. The molecule has 2 aromatic carbocycles. The molecule has 0 heterocycles. The molecular weight excluding hydrogens is 372 g/mol. The minimum Gasteiger partial charge on any atom is -0.493 e. The van der Waals surface area contributed by atoms with Crippen LogP contribution < -0.4 is 14.8 Å². The number of benzene rings is 2. The first-order chi connectivity index (χ1) is 12.5.